The largest absolute Gasteiger partial charge is 0.497 e. The van der Waals surface area contributed by atoms with Gasteiger partial charge in [-0.1, -0.05) is 12.1 Å². The highest BCUT2D eigenvalue weighted by molar-refractivity contribution is 5.49. The van der Waals surface area contributed by atoms with E-state index in [9.17, 15) is 10.1 Å². The third kappa shape index (κ3) is 2.94. The first-order valence-corrected chi connectivity index (χ1v) is 3.68. The topological polar surface area (TPSA) is 52.4 Å². The lowest BCUT2D eigenvalue weighted by Gasteiger charge is -1.97. The Bertz CT molecular complexity index is 316. The van der Waals surface area contributed by atoms with Crippen LogP contribution in [0.4, 0.5) is 0 Å². The minimum absolute atomic E-state index is 0.496. The second-order valence-corrected chi connectivity index (χ2v) is 2.37. The second-order valence-electron chi connectivity index (χ2n) is 2.37. The van der Waals surface area contributed by atoms with E-state index in [1.54, 1.807) is 31.4 Å². The van der Waals surface area contributed by atoms with Crippen LogP contribution in [0.2, 0.25) is 0 Å². The average Bonchev–Trinajstić information content (AvgIpc) is 2.15. The summed E-state index contributed by atoms with van der Waals surface area (Å²) in [7, 11) is 1.57. The van der Waals surface area contributed by atoms with E-state index in [1.165, 1.54) is 6.08 Å². The van der Waals surface area contributed by atoms with Crippen molar-refractivity contribution in [2.45, 2.75) is 0 Å². The minimum atomic E-state index is -0.496. The number of benzene rings is 1. The summed E-state index contributed by atoms with van der Waals surface area (Å²) in [6.45, 7) is 0. The molecule has 4 nitrogen and oxygen atoms in total. The predicted octanol–water partition coefficient (Wildman–Crippen LogP) is 1.94. The van der Waals surface area contributed by atoms with Crippen molar-refractivity contribution in [2.24, 2.45) is 0 Å². The molecule has 0 bridgehead atoms. The van der Waals surface area contributed by atoms with Crippen LogP contribution in [-0.2, 0) is 0 Å². The lowest BCUT2D eigenvalue weighted by Crippen LogP contribution is -1.83. The fourth-order valence-electron chi connectivity index (χ4n) is 0.862. The monoisotopic (exact) mass is 179 g/mol. The molecule has 0 aliphatic rings. The van der Waals surface area contributed by atoms with Crippen LogP contribution in [0, 0.1) is 10.1 Å². The van der Waals surface area contributed by atoms with Gasteiger partial charge in [0.1, 0.15) is 5.75 Å². The van der Waals surface area contributed by atoms with Crippen molar-refractivity contribution in [1.29, 1.82) is 0 Å². The van der Waals surface area contributed by atoms with Crippen molar-refractivity contribution in [2.75, 3.05) is 7.11 Å². The molecule has 1 rings (SSSR count). The number of methoxy groups -OCH3 is 1. The average molecular weight is 179 g/mol. The Morgan fingerprint density at radius 3 is 2.46 bits per heavy atom. The van der Waals surface area contributed by atoms with Gasteiger partial charge in [0.2, 0.25) is 6.20 Å². The van der Waals surface area contributed by atoms with Gasteiger partial charge in [-0.15, -0.1) is 0 Å². The summed E-state index contributed by atoms with van der Waals surface area (Å²) in [5.41, 5.74) is 0.775. The summed E-state index contributed by atoms with van der Waals surface area (Å²) in [5.74, 6) is 0.734. The molecule has 4 heteroatoms. The van der Waals surface area contributed by atoms with Gasteiger partial charge in [0.15, 0.2) is 0 Å². The molecular formula is C9H9NO3. The summed E-state index contributed by atoms with van der Waals surface area (Å²) < 4.78 is 4.94. The highest BCUT2D eigenvalue weighted by atomic mass is 16.6. The Balaban J connectivity index is 2.75. The third-order valence-corrected chi connectivity index (χ3v) is 1.50. The number of nitrogens with zero attached hydrogens (tertiary/aromatic N) is 1. The van der Waals surface area contributed by atoms with E-state index in [0.29, 0.717) is 0 Å². The van der Waals surface area contributed by atoms with Gasteiger partial charge >= 0.3 is 0 Å². The smallest absolute Gasteiger partial charge is 0.235 e. The van der Waals surface area contributed by atoms with Crippen LogP contribution in [0.25, 0.3) is 6.08 Å². The van der Waals surface area contributed by atoms with Gasteiger partial charge < -0.3 is 4.74 Å². The molecule has 0 radical (unpaired) electrons. The van der Waals surface area contributed by atoms with E-state index in [4.69, 9.17) is 4.74 Å². The summed E-state index contributed by atoms with van der Waals surface area (Å²) in [6.07, 6.45) is 2.33. The zero-order valence-electron chi connectivity index (χ0n) is 7.14. The van der Waals surface area contributed by atoms with Crippen molar-refractivity contribution in [1.82, 2.24) is 0 Å². The lowest BCUT2D eigenvalue weighted by molar-refractivity contribution is -0.400. The molecule has 0 aliphatic heterocycles. The molecule has 0 aliphatic carbocycles. The molecule has 0 N–H and O–H groups in total. The lowest BCUT2D eigenvalue weighted by atomic mass is 10.2. The van der Waals surface area contributed by atoms with Crippen molar-refractivity contribution >= 4 is 6.08 Å². The molecule has 68 valence electrons. The molecule has 1 aromatic carbocycles. The summed E-state index contributed by atoms with van der Waals surface area (Å²) in [5, 5.41) is 9.99. The zero-order chi connectivity index (χ0) is 9.68. The van der Waals surface area contributed by atoms with Crippen molar-refractivity contribution < 1.29 is 9.66 Å². The summed E-state index contributed by atoms with van der Waals surface area (Å²) in [6, 6.07) is 7.00. The van der Waals surface area contributed by atoms with E-state index in [1.807, 2.05) is 0 Å². The molecule has 0 saturated heterocycles. The van der Waals surface area contributed by atoms with Crippen LogP contribution >= 0.6 is 0 Å². The van der Waals surface area contributed by atoms with Gasteiger partial charge in [-0.2, -0.15) is 0 Å². The van der Waals surface area contributed by atoms with Crippen LogP contribution in [0.5, 0.6) is 5.75 Å². The summed E-state index contributed by atoms with van der Waals surface area (Å²) in [4.78, 5) is 9.49. The molecule has 1 aromatic rings. The van der Waals surface area contributed by atoms with Crippen molar-refractivity contribution in [3.8, 4) is 5.75 Å². The van der Waals surface area contributed by atoms with E-state index in [0.717, 1.165) is 17.5 Å². The number of ether oxygens (including phenoxy) is 1. The fourth-order valence-corrected chi connectivity index (χ4v) is 0.862. The molecule has 0 unspecified atom stereocenters. The Kier molecular flexibility index (Phi) is 3.03. The predicted molar refractivity (Wildman–Crippen MR) is 49.0 cm³/mol. The number of rotatable bonds is 3. The van der Waals surface area contributed by atoms with Gasteiger partial charge in [-0.25, -0.2) is 0 Å². The van der Waals surface area contributed by atoms with Crippen LogP contribution in [-0.4, -0.2) is 12.0 Å². The maximum atomic E-state index is 9.99. The first kappa shape index (κ1) is 9.25. The van der Waals surface area contributed by atoms with Gasteiger partial charge in [-0.05, 0) is 17.7 Å². The van der Waals surface area contributed by atoms with Crippen LogP contribution in [0.3, 0.4) is 0 Å². The maximum Gasteiger partial charge on any atom is 0.235 e. The number of hydrogen-bond donors (Lipinski definition) is 0. The number of hydrogen-bond acceptors (Lipinski definition) is 3. The van der Waals surface area contributed by atoms with Gasteiger partial charge in [0.25, 0.3) is 0 Å². The van der Waals surface area contributed by atoms with Gasteiger partial charge in [0, 0.05) is 6.08 Å². The fraction of sp³-hybridized carbons (Fsp3) is 0.111. The maximum absolute atomic E-state index is 9.99. The van der Waals surface area contributed by atoms with Crippen molar-refractivity contribution in [3.63, 3.8) is 0 Å². The number of nitro groups is 1. The van der Waals surface area contributed by atoms with Crippen LogP contribution in [0.1, 0.15) is 5.56 Å². The van der Waals surface area contributed by atoms with E-state index >= 15 is 0 Å². The Labute approximate surface area is 75.6 Å². The SMILES string of the molecule is COc1ccc(C=C[N+](=O)[O-])cc1. The Morgan fingerprint density at radius 2 is 2.00 bits per heavy atom. The first-order valence-electron chi connectivity index (χ1n) is 3.68. The van der Waals surface area contributed by atoms with Crippen LogP contribution in [0.15, 0.2) is 30.5 Å². The van der Waals surface area contributed by atoms with E-state index < -0.39 is 4.92 Å². The quantitative estimate of drug-likeness (QED) is 0.526. The van der Waals surface area contributed by atoms with Crippen molar-refractivity contribution in [3.05, 3.63) is 46.1 Å². The molecule has 0 aromatic heterocycles. The van der Waals surface area contributed by atoms with Crippen LogP contribution < -0.4 is 4.74 Å². The standard InChI is InChI=1S/C9H9NO3/c1-13-9-4-2-8(3-5-9)6-7-10(11)12/h2-7H,1H3. The molecule has 0 heterocycles. The highest BCUT2D eigenvalue weighted by Crippen LogP contribution is 2.11. The summed E-state index contributed by atoms with van der Waals surface area (Å²) >= 11 is 0. The molecule has 0 amide bonds. The Hall–Kier alpha value is -1.84. The Morgan fingerprint density at radius 1 is 1.38 bits per heavy atom. The van der Waals surface area contributed by atoms with Gasteiger partial charge in [-0.3, -0.25) is 10.1 Å². The minimum Gasteiger partial charge on any atom is -0.497 e. The molecule has 0 atom stereocenters. The molecule has 0 spiro atoms. The van der Waals surface area contributed by atoms with E-state index in [-0.39, 0.29) is 0 Å². The third-order valence-electron chi connectivity index (χ3n) is 1.50. The second kappa shape index (κ2) is 4.25. The normalized spacial score (nSPS) is 10.2. The highest BCUT2D eigenvalue weighted by Gasteiger charge is 1.91. The molecular weight excluding hydrogens is 170 g/mol. The molecule has 0 fully saturated rings. The first-order chi connectivity index (χ1) is 6.22. The molecule has 0 saturated carbocycles. The van der Waals surface area contributed by atoms with E-state index in [2.05, 4.69) is 0 Å². The zero-order valence-corrected chi connectivity index (χ0v) is 7.14. The molecule has 13 heavy (non-hydrogen) atoms. The van der Waals surface area contributed by atoms with Gasteiger partial charge in [0.05, 0.1) is 12.0 Å².